The van der Waals surface area contributed by atoms with Crippen molar-refractivity contribution in [2.75, 3.05) is 39.8 Å². The summed E-state index contributed by atoms with van der Waals surface area (Å²) in [5.74, 6) is -1.34. The lowest BCUT2D eigenvalue weighted by molar-refractivity contribution is -0.121. The fourth-order valence-corrected chi connectivity index (χ4v) is 6.29. The van der Waals surface area contributed by atoms with Crippen LogP contribution in [0, 0.1) is 11.6 Å². The molecule has 52 heavy (non-hydrogen) atoms. The first-order chi connectivity index (χ1) is 24.9. The van der Waals surface area contributed by atoms with Gasteiger partial charge in [0.15, 0.2) is 5.78 Å². The molecule has 0 aliphatic carbocycles. The van der Waals surface area contributed by atoms with Gasteiger partial charge in [-0.1, -0.05) is 72.8 Å². The van der Waals surface area contributed by atoms with Gasteiger partial charge in [-0.05, 0) is 67.8 Å². The summed E-state index contributed by atoms with van der Waals surface area (Å²) in [5.41, 5.74) is 1.99. The van der Waals surface area contributed by atoms with E-state index < -0.39 is 41.4 Å². The molecule has 0 N–H and O–H groups in total. The van der Waals surface area contributed by atoms with E-state index in [-0.39, 0.29) is 51.7 Å². The van der Waals surface area contributed by atoms with Crippen LogP contribution in [0.5, 0.6) is 5.75 Å². The summed E-state index contributed by atoms with van der Waals surface area (Å²) in [7, 11) is 1.57. The van der Waals surface area contributed by atoms with Gasteiger partial charge in [-0.2, -0.15) is 0 Å². The van der Waals surface area contributed by atoms with Gasteiger partial charge >= 0.3 is 12.2 Å². The number of carbonyl (C=O) groups excluding carboxylic acids is 3. The minimum atomic E-state index is -0.834. The van der Waals surface area contributed by atoms with Crippen LogP contribution >= 0.6 is 0 Å². The number of carbonyl (C=O) groups is 3. The van der Waals surface area contributed by atoms with E-state index in [4.69, 9.17) is 14.2 Å². The molecule has 0 unspecified atom stereocenters. The third-order valence-electron chi connectivity index (χ3n) is 8.74. The maximum absolute atomic E-state index is 14.5. The van der Waals surface area contributed by atoms with Gasteiger partial charge in [0.1, 0.15) is 29.6 Å². The third-order valence-corrected chi connectivity index (χ3v) is 8.74. The van der Waals surface area contributed by atoms with Crippen molar-refractivity contribution in [1.29, 1.82) is 0 Å². The van der Waals surface area contributed by atoms with Crippen LogP contribution in [0.25, 0.3) is 0 Å². The van der Waals surface area contributed by atoms with E-state index in [0.29, 0.717) is 16.9 Å². The van der Waals surface area contributed by atoms with Gasteiger partial charge in [0.25, 0.3) is 0 Å². The Labute approximate surface area is 303 Å². The molecule has 1 saturated heterocycles. The van der Waals surface area contributed by atoms with Crippen molar-refractivity contribution in [2.45, 2.75) is 51.5 Å². The highest BCUT2D eigenvalue weighted by molar-refractivity contribution is 5.90. The standard InChI is InChI=1S/C41H45F2N3O6/c1-41(2,3)52-40(49)46-23-22-45(39(48)51-28-29-10-6-5-7-11-29)26-35(46)25-44(24-32-12-8-9-13-37(32)50-4)27-36(47)38(30-14-18-33(42)19-15-30)31-16-20-34(43)21-17-31/h5-21,35,38H,22-28H2,1-4H3/t35-/m1/s1. The summed E-state index contributed by atoms with van der Waals surface area (Å²) in [4.78, 5) is 46.5. The molecule has 0 bridgehead atoms. The van der Waals surface area contributed by atoms with Gasteiger partial charge in [0, 0.05) is 38.3 Å². The Kier molecular flexibility index (Phi) is 12.6. The Balaban J connectivity index is 1.46. The summed E-state index contributed by atoms with van der Waals surface area (Å²) in [5, 5.41) is 0. The quantitative estimate of drug-likeness (QED) is 0.151. The van der Waals surface area contributed by atoms with E-state index in [1.807, 2.05) is 59.5 Å². The van der Waals surface area contributed by atoms with Gasteiger partial charge in [0.2, 0.25) is 0 Å². The van der Waals surface area contributed by atoms with Crippen LogP contribution in [0.3, 0.4) is 0 Å². The van der Waals surface area contributed by atoms with E-state index in [1.165, 1.54) is 24.3 Å². The molecule has 4 aromatic carbocycles. The lowest BCUT2D eigenvalue weighted by Crippen LogP contribution is -2.60. The second kappa shape index (κ2) is 17.3. The zero-order chi connectivity index (χ0) is 37.3. The lowest BCUT2D eigenvalue weighted by Gasteiger charge is -2.43. The number of hydrogen-bond donors (Lipinski definition) is 0. The number of hydrogen-bond acceptors (Lipinski definition) is 7. The van der Waals surface area contributed by atoms with Gasteiger partial charge in [-0.25, -0.2) is 18.4 Å². The molecule has 274 valence electrons. The number of para-hydroxylation sites is 1. The van der Waals surface area contributed by atoms with E-state index in [9.17, 15) is 23.2 Å². The average molecular weight is 714 g/mol. The van der Waals surface area contributed by atoms with Crippen molar-refractivity contribution in [1.82, 2.24) is 14.7 Å². The van der Waals surface area contributed by atoms with Crippen LogP contribution in [0.15, 0.2) is 103 Å². The molecule has 4 aromatic rings. The van der Waals surface area contributed by atoms with Crippen molar-refractivity contribution in [2.24, 2.45) is 0 Å². The highest BCUT2D eigenvalue weighted by atomic mass is 19.1. The molecule has 0 saturated carbocycles. The largest absolute Gasteiger partial charge is 0.496 e. The number of rotatable bonds is 12. The number of ketones is 1. The SMILES string of the molecule is COc1ccccc1CN(CC(=O)C(c1ccc(F)cc1)c1ccc(F)cc1)C[C@@H]1CN(C(=O)OCc2ccccc2)CCN1C(=O)OC(C)(C)C. The first-order valence-corrected chi connectivity index (χ1v) is 17.2. The molecular weight excluding hydrogens is 668 g/mol. The summed E-state index contributed by atoms with van der Waals surface area (Å²) in [6, 6.07) is 27.6. The van der Waals surface area contributed by atoms with E-state index in [2.05, 4.69) is 0 Å². The first kappa shape index (κ1) is 38.0. The molecule has 5 rings (SSSR count). The van der Waals surface area contributed by atoms with Crippen molar-refractivity contribution in [3.8, 4) is 5.75 Å². The number of benzene rings is 4. The Morgan fingerprint density at radius 1 is 0.808 bits per heavy atom. The van der Waals surface area contributed by atoms with E-state index in [1.54, 1.807) is 61.9 Å². The zero-order valence-electron chi connectivity index (χ0n) is 30.0. The fraction of sp³-hybridized carbons (Fsp3) is 0.341. The monoisotopic (exact) mass is 713 g/mol. The third kappa shape index (κ3) is 10.4. The maximum Gasteiger partial charge on any atom is 0.410 e. The van der Waals surface area contributed by atoms with Crippen molar-refractivity contribution in [3.63, 3.8) is 0 Å². The predicted molar refractivity (Wildman–Crippen MR) is 193 cm³/mol. The van der Waals surface area contributed by atoms with Gasteiger partial charge in [-0.15, -0.1) is 0 Å². The Hall–Kier alpha value is -5.29. The molecule has 9 nitrogen and oxygen atoms in total. The number of piperazine rings is 1. The molecule has 0 aromatic heterocycles. The Morgan fingerprint density at radius 3 is 2.00 bits per heavy atom. The van der Waals surface area contributed by atoms with Crippen molar-refractivity contribution in [3.05, 3.63) is 137 Å². The van der Waals surface area contributed by atoms with E-state index >= 15 is 0 Å². The highest BCUT2D eigenvalue weighted by Gasteiger charge is 2.37. The van der Waals surface area contributed by atoms with Crippen LogP contribution < -0.4 is 4.74 Å². The first-order valence-electron chi connectivity index (χ1n) is 17.2. The Morgan fingerprint density at radius 2 is 1.40 bits per heavy atom. The topological polar surface area (TPSA) is 88.6 Å². The predicted octanol–water partition coefficient (Wildman–Crippen LogP) is 7.43. The Bertz CT molecular complexity index is 1750. The summed E-state index contributed by atoms with van der Waals surface area (Å²) >= 11 is 0. The second-order valence-corrected chi connectivity index (χ2v) is 13.8. The number of ether oxygens (including phenoxy) is 3. The maximum atomic E-state index is 14.5. The molecule has 0 spiro atoms. The lowest BCUT2D eigenvalue weighted by atomic mass is 9.87. The fourth-order valence-electron chi connectivity index (χ4n) is 6.29. The van der Waals surface area contributed by atoms with Crippen molar-refractivity contribution >= 4 is 18.0 Å². The average Bonchev–Trinajstić information content (AvgIpc) is 3.12. The molecule has 1 fully saturated rings. The van der Waals surface area contributed by atoms with Crippen LogP contribution in [0.4, 0.5) is 18.4 Å². The van der Waals surface area contributed by atoms with Crippen LogP contribution in [-0.2, 0) is 27.4 Å². The number of amides is 2. The highest BCUT2D eigenvalue weighted by Crippen LogP contribution is 2.29. The van der Waals surface area contributed by atoms with Crippen LogP contribution in [0.1, 0.15) is 48.9 Å². The second-order valence-electron chi connectivity index (χ2n) is 13.8. The number of halogens is 2. The molecule has 1 heterocycles. The van der Waals surface area contributed by atoms with Gasteiger partial charge in [0.05, 0.1) is 25.6 Å². The zero-order valence-corrected chi connectivity index (χ0v) is 30.0. The van der Waals surface area contributed by atoms with Crippen LogP contribution in [0.2, 0.25) is 0 Å². The molecule has 1 aliphatic heterocycles. The summed E-state index contributed by atoms with van der Waals surface area (Å²) in [6.45, 7) is 6.32. The number of nitrogens with zero attached hydrogens (tertiary/aromatic N) is 3. The molecule has 1 atom stereocenters. The summed E-state index contributed by atoms with van der Waals surface area (Å²) < 4.78 is 45.0. The molecule has 1 aliphatic rings. The summed E-state index contributed by atoms with van der Waals surface area (Å²) in [6.07, 6.45) is -1.05. The number of methoxy groups -OCH3 is 1. The van der Waals surface area contributed by atoms with Gasteiger partial charge in [-0.3, -0.25) is 9.69 Å². The van der Waals surface area contributed by atoms with Crippen molar-refractivity contribution < 1.29 is 37.4 Å². The molecule has 0 radical (unpaired) electrons. The van der Waals surface area contributed by atoms with Gasteiger partial charge < -0.3 is 24.0 Å². The molecule has 11 heteroatoms. The minimum absolute atomic E-state index is 0.0964. The normalized spacial score (nSPS) is 14.7. The van der Waals surface area contributed by atoms with Crippen LogP contribution in [-0.4, -0.2) is 84.1 Å². The minimum Gasteiger partial charge on any atom is -0.496 e. The number of Topliss-reactive ketones (excluding diaryl/α,β-unsaturated/α-hetero) is 1. The smallest absolute Gasteiger partial charge is 0.410 e. The molecule has 2 amide bonds. The molecular formula is C41H45F2N3O6. The van der Waals surface area contributed by atoms with E-state index in [0.717, 1.165) is 11.1 Å².